The molecule has 4 heteroatoms. The van der Waals surface area contributed by atoms with Gasteiger partial charge in [-0.2, -0.15) is 0 Å². The van der Waals surface area contributed by atoms with E-state index in [0.717, 1.165) is 18.4 Å². The van der Waals surface area contributed by atoms with Crippen LogP contribution < -0.4 is 5.73 Å². The molecule has 3 unspecified atom stereocenters. The average Bonchev–Trinajstić information content (AvgIpc) is 2.01. The Hall–Kier alpha value is -0.0600. The lowest BCUT2D eigenvalue weighted by molar-refractivity contribution is 0.0656. The third kappa shape index (κ3) is 6.93. The number of thiol groups is 1. The van der Waals surface area contributed by atoms with E-state index in [1.807, 2.05) is 6.92 Å². The Morgan fingerprint density at radius 2 is 2.00 bits per heavy atom. The van der Waals surface area contributed by atoms with Gasteiger partial charge in [0.05, 0.1) is 6.10 Å². The maximum atomic E-state index is 9.65. The van der Waals surface area contributed by atoms with Crippen molar-refractivity contribution < 1.29 is 5.11 Å². The van der Waals surface area contributed by atoms with Crippen LogP contribution in [0.5, 0.6) is 0 Å². The summed E-state index contributed by atoms with van der Waals surface area (Å²) >= 11 is 7.65. The van der Waals surface area contributed by atoms with E-state index in [-0.39, 0.29) is 10.4 Å². The van der Waals surface area contributed by atoms with Gasteiger partial charge in [-0.15, -0.1) is 12.6 Å². The highest BCUT2D eigenvalue weighted by Crippen LogP contribution is 2.32. The fourth-order valence-electron chi connectivity index (χ4n) is 1.93. The van der Waals surface area contributed by atoms with Gasteiger partial charge in [-0.3, -0.25) is 0 Å². The third-order valence-electron chi connectivity index (χ3n) is 2.71. The summed E-state index contributed by atoms with van der Waals surface area (Å²) in [7, 11) is 0. The molecule has 0 spiro atoms. The molecule has 1 fully saturated rings. The molecule has 15 heavy (non-hydrogen) atoms. The molecule has 0 aromatic rings. The lowest BCUT2D eigenvalue weighted by Gasteiger charge is -2.31. The Bertz CT molecular complexity index is 227. The highest BCUT2D eigenvalue weighted by atomic mass is 32.1. The minimum Gasteiger partial charge on any atom is -0.392 e. The van der Waals surface area contributed by atoms with Gasteiger partial charge in [0.15, 0.2) is 0 Å². The maximum Gasteiger partial charge on any atom is 0.128 e. The van der Waals surface area contributed by atoms with Crippen LogP contribution in [0.4, 0.5) is 0 Å². The van der Waals surface area contributed by atoms with E-state index in [2.05, 4.69) is 38.3 Å². The molecule has 0 saturated heterocycles. The molecule has 0 amide bonds. The first-order valence-electron chi connectivity index (χ1n) is 5.16. The molecule has 0 aliphatic heterocycles. The van der Waals surface area contributed by atoms with Crippen LogP contribution in [-0.4, -0.2) is 15.5 Å². The standard InChI is InChI=1S/C10H18O.CH3NS2/c1-7(2)9-5-4-8(3)6-10(9)11;2-1(3)4/h8-11H,1,4-6H2,2-3H3;(H3,2,3,4). The van der Waals surface area contributed by atoms with Crippen LogP contribution in [0.3, 0.4) is 0 Å². The van der Waals surface area contributed by atoms with Crippen LogP contribution in [0.2, 0.25) is 0 Å². The number of nitrogens with two attached hydrogens (primary N) is 1. The molecule has 3 atom stereocenters. The molecule has 2 nitrogen and oxygen atoms in total. The van der Waals surface area contributed by atoms with E-state index in [0.29, 0.717) is 11.8 Å². The molecule has 3 N–H and O–H groups in total. The summed E-state index contributed by atoms with van der Waals surface area (Å²) in [6, 6.07) is 0. The molecule has 0 bridgehead atoms. The van der Waals surface area contributed by atoms with E-state index in [1.54, 1.807) is 0 Å². The minimum absolute atomic E-state index is 0.128. The van der Waals surface area contributed by atoms with Crippen molar-refractivity contribution in [3.05, 3.63) is 12.2 Å². The predicted octanol–water partition coefficient (Wildman–Crippen LogP) is 2.52. The summed E-state index contributed by atoms with van der Waals surface area (Å²) in [5.74, 6) is 1.06. The normalized spacial score (nSPS) is 30.0. The molecule has 1 rings (SSSR count). The summed E-state index contributed by atoms with van der Waals surface area (Å²) in [6.45, 7) is 8.12. The monoisotopic (exact) mass is 247 g/mol. The zero-order valence-electron chi connectivity index (χ0n) is 9.44. The van der Waals surface area contributed by atoms with Crippen molar-refractivity contribution >= 4 is 29.2 Å². The van der Waals surface area contributed by atoms with Gasteiger partial charge in [0.2, 0.25) is 0 Å². The first-order valence-corrected chi connectivity index (χ1v) is 6.02. The average molecular weight is 247 g/mol. The SMILES string of the molecule is C=C(C)C1CCC(C)CC1O.NC(=S)S. The fourth-order valence-corrected chi connectivity index (χ4v) is 1.93. The zero-order chi connectivity index (χ0) is 12.0. The molecule has 88 valence electrons. The van der Waals surface area contributed by atoms with Gasteiger partial charge in [-0.25, -0.2) is 0 Å². The maximum absolute atomic E-state index is 9.65. The Morgan fingerprint density at radius 3 is 2.33 bits per heavy atom. The number of rotatable bonds is 1. The van der Waals surface area contributed by atoms with Crippen molar-refractivity contribution in [1.29, 1.82) is 0 Å². The molecule has 1 aliphatic rings. The molecule has 0 aromatic carbocycles. The van der Waals surface area contributed by atoms with E-state index in [1.165, 1.54) is 6.42 Å². The van der Waals surface area contributed by atoms with E-state index < -0.39 is 0 Å². The predicted molar refractivity (Wildman–Crippen MR) is 73.1 cm³/mol. The Labute approximate surface area is 103 Å². The summed E-state index contributed by atoms with van der Waals surface area (Å²) in [5.41, 5.74) is 5.85. The van der Waals surface area contributed by atoms with E-state index in [9.17, 15) is 5.11 Å². The molecular formula is C11H21NOS2. The smallest absolute Gasteiger partial charge is 0.128 e. The summed E-state index contributed by atoms with van der Waals surface area (Å²) < 4.78 is 0.194. The van der Waals surface area contributed by atoms with Gasteiger partial charge in [0.25, 0.3) is 0 Å². The number of hydrogen-bond acceptors (Lipinski definition) is 2. The second-order valence-electron chi connectivity index (χ2n) is 4.28. The number of thiocarbonyl (C=S) groups is 1. The molecule has 1 saturated carbocycles. The van der Waals surface area contributed by atoms with E-state index >= 15 is 0 Å². The Balaban J connectivity index is 0.000000423. The lowest BCUT2D eigenvalue weighted by Crippen LogP contribution is -2.28. The van der Waals surface area contributed by atoms with Gasteiger partial charge >= 0.3 is 0 Å². The van der Waals surface area contributed by atoms with Crippen molar-refractivity contribution in [2.75, 3.05) is 0 Å². The van der Waals surface area contributed by atoms with Gasteiger partial charge in [0, 0.05) is 5.92 Å². The molecule has 0 radical (unpaired) electrons. The van der Waals surface area contributed by atoms with Crippen LogP contribution in [0.1, 0.15) is 33.1 Å². The van der Waals surface area contributed by atoms with Crippen LogP contribution in [0.15, 0.2) is 12.2 Å². The molecule has 0 aromatic heterocycles. The molecule has 0 heterocycles. The Morgan fingerprint density at radius 1 is 1.53 bits per heavy atom. The topological polar surface area (TPSA) is 46.2 Å². The van der Waals surface area contributed by atoms with Crippen molar-refractivity contribution in [3.8, 4) is 0 Å². The first-order chi connectivity index (χ1) is 6.84. The van der Waals surface area contributed by atoms with Crippen LogP contribution in [0, 0.1) is 11.8 Å². The fraction of sp³-hybridized carbons (Fsp3) is 0.727. The van der Waals surface area contributed by atoms with Crippen molar-refractivity contribution in [3.63, 3.8) is 0 Å². The van der Waals surface area contributed by atoms with Crippen LogP contribution in [0.25, 0.3) is 0 Å². The van der Waals surface area contributed by atoms with Crippen molar-refractivity contribution in [2.45, 2.75) is 39.2 Å². The van der Waals surface area contributed by atoms with E-state index in [4.69, 9.17) is 5.73 Å². The van der Waals surface area contributed by atoms with Gasteiger partial charge < -0.3 is 10.8 Å². The largest absolute Gasteiger partial charge is 0.392 e. The zero-order valence-corrected chi connectivity index (χ0v) is 11.2. The quantitative estimate of drug-likeness (QED) is 0.379. The molecule has 1 aliphatic carbocycles. The highest BCUT2D eigenvalue weighted by Gasteiger charge is 2.26. The first kappa shape index (κ1) is 14.9. The summed E-state index contributed by atoms with van der Waals surface area (Å²) in [6.07, 6.45) is 3.19. The Kier molecular flexibility index (Phi) is 7.22. The second kappa shape index (κ2) is 7.25. The highest BCUT2D eigenvalue weighted by molar-refractivity contribution is 8.10. The third-order valence-corrected chi connectivity index (χ3v) is 2.71. The summed E-state index contributed by atoms with van der Waals surface area (Å²) in [4.78, 5) is 0. The van der Waals surface area contributed by atoms with Gasteiger partial charge in [-0.05, 0) is 32.1 Å². The van der Waals surface area contributed by atoms with Crippen LogP contribution in [-0.2, 0) is 0 Å². The minimum atomic E-state index is -0.128. The molecular weight excluding hydrogens is 226 g/mol. The number of aliphatic hydroxyl groups excluding tert-OH is 1. The van der Waals surface area contributed by atoms with Crippen molar-refractivity contribution in [1.82, 2.24) is 0 Å². The number of hydrogen-bond donors (Lipinski definition) is 3. The lowest BCUT2D eigenvalue weighted by atomic mass is 9.78. The van der Waals surface area contributed by atoms with Gasteiger partial charge in [0.1, 0.15) is 4.32 Å². The summed E-state index contributed by atoms with van der Waals surface area (Å²) in [5, 5.41) is 9.65. The second-order valence-corrected chi connectivity index (χ2v) is 5.50. The number of aliphatic hydroxyl groups is 1. The van der Waals surface area contributed by atoms with Crippen molar-refractivity contribution in [2.24, 2.45) is 17.6 Å². The van der Waals surface area contributed by atoms with Crippen LogP contribution >= 0.6 is 24.8 Å². The van der Waals surface area contributed by atoms with Gasteiger partial charge in [-0.1, -0.05) is 31.3 Å².